The Hall–Kier alpha value is -2.53. The molecular formula is C22H28N2O3. The zero-order chi connectivity index (χ0) is 19.1. The van der Waals surface area contributed by atoms with Crippen molar-refractivity contribution in [2.24, 2.45) is 5.16 Å². The predicted octanol–water partition coefficient (Wildman–Crippen LogP) is 4.28. The number of hydrogen-bond acceptors (Lipinski definition) is 5. The second-order valence-electron chi connectivity index (χ2n) is 6.48. The van der Waals surface area contributed by atoms with Gasteiger partial charge in [-0.1, -0.05) is 43.3 Å². The highest BCUT2D eigenvalue weighted by Crippen LogP contribution is 2.35. The van der Waals surface area contributed by atoms with Crippen LogP contribution in [0.3, 0.4) is 0 Å². The van der Waals surface area contributed by atoms with Gasteiger partial charge >= 0.3 is 0 Å². The molecule has 0 saturated heterocycles. The minimum absolute atomic E-state index is 0.0871. The van der Waals surface area contributed by atoms with Crippen molar-refractivity contribution < 1.29 is 14.3 Å². The molecule has 5 heteroatoms. The number of benzene rings is 2. The first-order chi connectivity index (χ1) is 13.2. The molecule has 0 fully saturated rings. The van der Waals surface area contributed by atoms with E-state index in [0.29, 0.717) is 13.0 Å². The Morgan fingerprint density at radius 1 is 1.07 bits per heavy atom. The third-order valence-electron chi connectivity index (χ3n) is 4.90. The molecule has 0 aliphatic carbocycles. The average molecular weight is 368 g/mol. The molecule has 1 atom stereocenters. The van der Waals surface area contributed by atoms with Crippen molar-refractivity contribution in [3.63, 3.8) is 0 Å². The second-order valence-corrected chi connectivity index (χ2v) is 6.48. The smallest absolute Gasteiger partial charge is 0.129 e. The number of methoxy groups -OCH3 is 1. The van der Waals surface area contributed by atoms with Crippen molar-refractivity contribution in [1.82, 2.24) is 4.90 Å². The summed E-state index contributed by atoms with van der Waals surface area (Å²) in [5.41, 5.74) is 3.03. The summed E-state index contributed by atoms with van der Waals surface area (Å²) < 4.78 is 11.5. The molecule has 1 aliphatic heterocycles. The zero-order valence-electron chi connectivity index (χ0n) is 16.4. The summed E-state index contributed by atoms with van der Waals surface area (Å²) in [4.78, 5) is 7.97. The lowest BCUT2D eigenvalue weighted by Gasteiger charge is -2.27. The summed E-state index contributed by atoms with van der Waals surface area (Å²) in [7, 11) is 1.67. The van der Waals surface area contributed by atoms with E-state index in [1.54, 1.807) is 7.11 Å². The molecule has 5 nitrogen and oxygen atoms in total. The minimum atomic E-state index is -0.0871. The molecule has 0 saturated carbocycles. The second kappa shape index (κ2) is 9.42. The summed E-state index contributed by atoms with van der Waals surface area (Å²) in [5, 5.41) is 4.46. The highest BCUT2D eigenvalue weighted by atomic mass is 16.6. The van der Waals surface area contributed by atoms with Crippen LogP contribution in [0, 0.1) is 0 Å². The van der Waals surface area contributed by atoms with Gasteiger partial charge in [0.05, 0.1) is 12.8 Å². The maximum Gasteiger partial charge on any atom is 0.129 e. The van der Waals surface area contributed by atoms with Crippen molar-refractivity contribution in [2.75, 3.05) is 33.4 Å². The number of hydrogen-bond donors (Lipinski definition) is 0. The maximum absolute atomic E-state index is 6.22. The third kappa shape index (κ3) is 4.80. The van der Waals surface area contributed by atoms with E-state index in [4.69, 9.17) is 14.3 Å². The Bertz CT molecular complexity index is 754. The highest BCUT2D eigenvalue weighted by molar-refractivity contribution is 6.03. The Morgan fingerprint density at radius 2 is 1.81 bits per heavy atom. The summed E-state index contributed by atoms with van der Waals surface area (Å²) in [6, 6.07) is 16.0. The van der Waals surface area contributed by atoms with Gasteiger partial charge in [-0.3, -0.25) is 0 Å². The van der Waals surface area contributed by atoms with E-state index in [1.165, 1.54) is 0 Å². The Morgan fingerprint density at radius 3 is 2.52 bits per heavy atom. The van der Waals surface area contributed by atoms with Gasteiger partial charge in [0.2, 0.25) is 0 Å². The van der Waals surface area contributed by atoms with Crippen LogP contribution in [-0.4, -0.2) is 44.0 Å². The average Bonchev–Trinajstić information content (AvgIpc) is 2.73. The van der Waals surface area contributed by atoms with Crippen molar-refractivity contribution in [1.29, 1.82) is 0 Å². The van der Waals surface area contributed by atoms with Crippen LogP contribution in [0.5, 0.6) is 11.5 Å². The van der Waals surface area contributed by atoms with Crippen LogP contribution in [0.15, 0.2) is 53.7 Å². The van der Waals surface area contributed by atoms with Crippen LogP contribution < -0.4 is 9.47 Å². The summed E-state index contributed by atoms with van der Waals surface area (Å²) in [5.74, 6) is 1.68. The summed E-state index contributed by atoms with van der Waals surface area (Å²) >= 11 is 0. The number of likely N-dealkylation sites (N-methyl/N-ethyl adjacent to an activating group) is 1. The summed E-state index contributed by atoms with van der Waals surface area (Å²) in [6.45, 7) is 7.82. The number of oxime groups is 1. The maximum atomic E-state index is 6.22. The molecule has 2 aromatic rings. The molecule has 3 rings (SSSR count). The van der Waals surface area contributed by atoms with Gasteiger partial charge < -0.3 is 19.2 Å². The van der Waals surface area contributed by atoms with Gasteiger partial charge in [-0.15, -0.1) is 0 Å². The topological polar surface area (TPSA) is 43.3 Å². The van der Waals surface area contributed by atoms with E-state index in [-0.39, 0.29) is 6.10 Å². The fraction of sp³-hybridized carbons (Fsp3) is 0.409. The van der Waals surface area contributed by atoms with Crippen LogP contribution in [0.4, 0.5) is 0 Å². The van der Waals surface area contributed by atoms with Crippen LogP contribution in [-0.2, 0) is 4.84 Å². The highest BCUT2D eigenvalue weighted by Gasteiger charge is 2.26. The lowest BCUT2D eigenvalue weighted by Crippen LogP contribution is -2.27. The minimum Gasteiger partial charge on any atom is -0.497 e. The molecule has 0 bridgehead atoms. The molecule has 1 aliphatic rings. The molecule has 0 aromatic heterocycles. The quantitative estimate of drug-likeness (QED) is 0.515. The molecule has 2 aromatic carbocycles. The molecule has 1 heterocycles. The van der Waals surface area contributed by atoms with Gasteiger partial charge in [0.25, 0.3) is 0 Å². The SMILES string of the molecule is CCN(CC)CCO/N=C1/CC(c2ccc(OC)cc2)Oc2ccccc21. The lowest BCUT2D eigenvalue weighted by molar-refractivity contribution is 0.112. The molecule has 0 N–H and O–H groups in total. The monoisotopic (exact) mass is 368 g/mol. The normalized spacial score (nSPS) is 17.5. The fourth-order valence-electron chi connectivity index (χ4n) is 3.21. The van der Waals surface area contributed by atoms with Gasteiger partial charge in [0, 0.05) is 18.5 Å². The first kappa shape index (κ1) is 19.2. The van der Waals surface area contributed by atoms with Gasteiger partial charge in [0.15, 0.2) is 0 Å². The molecule has 144 valence electrons. The van der Waals surface area contributed by atoms with E-state index in [9.17, 15) is 0 Å². The first-order valence-corrected chi connectivity index (χ1v) is 9.56. The number of ether oxygens (including phenoxy) is 2. The lowest BCUT2D eigenvalue weighted by atomic mass is 9.95. The predicted molar refractivity (Wildman–Crippen MR) is 108 cm³/mol. The first-order valence-electron chi connectivity index (χ1n) is 9.56. The van der Waals surface area contributed by atoms with Crippen LogP contribution >= 0.6 is 0 Å². The van der Waals surface area contributed by atoms with Crippen molar-refractivity contribution in [3.05, 3.63) is 59.7 Å². The van der Waals surface area contributed by atoms with Crippen LogP contribution in [0.1, 0.15) is 37.5 Å². The number of rotatable bonds is 8. The standard InChI is InChI=1S/C22H28N2O3/c1-4-24(5-2)14-15-26-23-20-16-22(17-10-12-18(25-3)13-11-17)27-21-9-7-6-8-19(20)21/h6-13,22H,4-5,14-16H2,1-3H3/b23-20-. The molecular weight excluding hydrogens is 340 g/mol. The Labute approximate surface area is 161 Å². The van der Waals surface area contributed by atoms with Crippen LogP contribution in [0.2, 0.25) is 0 Å². The molecule has 1 unspecified atom stereocenters. The van der Waals surface area contributed by atoms with E-state index >= 15 is 0 Å². The van der Waals surface area contributed by atoms with Crippen LogP contribution in [0.25, 0.3) is 0 Å². The Balaban J connectivity index is 1.74. The van der Waals surface area contributed by atoms with E-state index in [1.807, 2.05) is 48.5 Å². The zero-order valence-corrected chi connectivity index (χ0v) is 16.4. The molecule has 27 heavy (non-hydrogen) atoms. The van der Waals surface area contributed by atoms with E-state index < -0.39 is 0 Å². The number of nitrogens with zero attached hydrogens (tertiary/aromatic N) is 2. The van der Waals surface area contributed by atoms with Crippen molar-refractivity contribution in [3.8, 4) is 11.5 Å². The van der Waals surface area contributed by atoms with Crippen molar-refractivity contribution >= 4 is 5.71 Å². The van der Waals surface area contributed by atoms with Crippen molar-refractivity contribution in [2.45, 2.75) is 26.4 Å². The third-order valence-corrected chi connectivity index (χ3v) is 4.90. The van der Waals surface area contributed by atoms with E-state index in [2.05, 4.69) is 23.9 Å². The Kier molecular flexibility index (Phi) is 6.71. The molecule has 0 spiro atoms. The number of fused-ring (bicyclic) bond motifs is 1. The largest absolute Gasteiger partial charge is 0.497 e. The molecule has 0 radical (unpaired) electrons. The van der Waals surface area contributed by atoms with Gasteiger partial charge in [-0.2, -0.15) is 0 Å². The fourth-order valence-corrected chi connectivity index (χ4v) is 3.21. The van der Waals surface area contributed by atoms with Gasteiger partial charge in [-0.25, -0.2) is 0 Å². The van der Waals surface area contributed by atoms with Gasteiger partial charge in [0.1, 0.15) is 24.2 Å². The number of para-hydroxylation sites is 1. The van der Waals surface area contributed by atoms with Gasteiger partial charge in [-0.05, 0) is 42.9 Å². The van der Waals surface area contributed by atoms with E-state index in [0.717, 1.165) is 48.0 Å². The summed E-state index contributed by atoms with van der Waals surface area (Å²) in [6.07, 6.45) is 0.588. The molecule has 0 amide bonds.